The van der Waals surface area contributed by atoms with Crippen LogP contribution < -0.4 is 4.74 Å². The number of aryl methyl sites for hydroxylation is 1. The van der Waals surface area contributed by atoms with Gasteiger partial charge in [-0.25, -0.2) is 13.4 Å². The molecule has 0 saturated carbocycles. The van der Waals surface area contributed by atoms with Crippen LogP contribution in [-0.2, 0) is 21.4 Å². The molecule has 1 aromatic carbocycles. The summed E-state index contributed by atoms with van der Waals surface area (Å²) >= 11 is 0. The Bertz CT molecular complexity index is 1320. The molecule has 9 heteroatoms. The van der Waals surface area contributed by atoms with Gasteiger partial charge in [-0.2, -0.15) is 4.31 Å². The largest absolute Gasteiger partial charge is 0.491 e. The second-order valence-corrected chi connectivity index (χ2v) is 10.3. The van der Waals surface area contributed by atoms with Gasteiger partial charge in [-0.3, -0.25) is 4.79 Å². The maximum atomic E-state index is 13.1. The number of sulfonamides is 1. The molecule has 0 unspecified atom stereocenters. The number of fused-ring (bicyclic) bond motifs is 1. The van der Waals surface area contributed by atoms with Crippen molar-refractivity contribution in [1.29, 1.82) is 0 Å². The summed E-state index contributed by atoms with van der Waals surface area (Å²) in [5.41, 5.74) is 3.30. The van der Waals surface area contributed by atoms with Crippen molar-refractivity contribution in [3.8, 4) is 5.75 Å². The molecule has 3 heterocycles. The second-order valence-electron chi connectivity index (χ2n) is 8.37. The molecule has 0 radical (unpaired) electrons. The van der Waals surface area contributed by atoms with Crippen molar-refractivity contribution >= 4 is 32.6 Å². The monoisotopic (exact) mass is 469 g/mol. The van der Waals surface area contributed by atoms with Crippen molar-refractivity contribution < 1.29 is 23.1 Å². The van der Waals surface area contributed by atoms with Gasteiger partial charge in [0, 0.05) is 35.9 Å². The highest BCUT2D eigenvalue weighted by Crippen LogP contribution is 2.32. The van der Waals surface area contributed by atoms with Crippen molar-refractivity contribution in [2.24, 2.45) is 0 Å². The highest BCUT2D eigenvalue weighted by atomic mass is 32.2. The van der Waals surface area contributed by atoms with E-state index in [0.717, 1.165) is 22.2 Å². The summed E-state index contributed by atoms with van der Waals surface area (Å²) in [6, 6.07) is 10.3. The van der Waals surface area contributed by atoms with E-state index in [1.165, 1.54) is 4.31 Å². The minimum atomic E-state index is -3.63. The van der Waals surface area contributed by atoms with Crippen LogP contribution in [0.1, 0.15) is 31.5 Å². The van der Waals surface area contributed by atoms with Gasteiger partial charge in [0.15, 0.2) is 0 Å². The molecule has 8 nitrogen and oxygen atoms in total. The second kappa shape index (κ2) is 8.99. The molecule has 3 aromatic rings. The van der Waals surface area contributed by atoms with Gasteiger partial charge in [0.05, 0.1) is 11.0 Å². The Balaban J connectivity index is 1.59. The van der Waals surface area contributed by atoms with Crippen molar-refractivity contribution in [2.45, 2.75) is 44.7 Å². The molecule has 1 aliphatic rings. The predicted molar refractivity (Wildman–Crippen MR) is 126 cm³/mol. The Morgan fingerprint density at radius 1 is 1.18 bits per heavy atom. The van der Waals surface area contributed by atoms with E-state index >= 15 is 0 Å². The average Bonchev–Trinajstić information content (AvgIpc) is 3.10. The quantitative estimate of drug-likeness (QED) is 0.566. The van der Waals surface area contributed by atoms with Crippen LogP contribution in [0.15, 0.2) is 53.6 Å². The van der Waals surface area contributed by atoms with Gasteiger partial charge < -0.3 is 14.4 Å². The zero-order valence-corrected chi connectivity index (χ0v) is 19.7. The van der Waals surface area contributed by atoms with Crippen LogP contribution in [0.4, 0.5) is 0 Å². The van der Waals surface area contributed by atoms with E-state index in [4.69, 9.17) is 4.74 Å². The topological polar surface area (TPSA) is 102 Å². The number of aliphatic carboxylic acids is 1. The van der Waals surface area contributed by atoms with E-state index in [2.05, 4.69) is 4.98 Å². The number of hydrogen-bond acceptors (Lipinski definition) is 5. The van der Waals surface area contributed by atoms with Gasteiger partial charge in [0.2, 0.25) is 10.0 Å². The Morgan fingerprint density at radius 3 is 2.52 bits per heavy atom. The molecule has 0 atom stereocenters. The standard InChI is InChI=1S/C24H27N3O5S/c1-16(2)32-19-5-7-20(8-6-19)33(30,31)27-12-10-18(11-13-27)22-14-26(15-23(28)29)24-21(22)9-4-17(3)25-24/h4-10,14,16H,11-13,15H2,1-3H3,(H,28,29). The van der Waals surface area contributed by atoms with Crippen LogP contribution in [0.3, 0.4) is 0 Å². The molecule has 0 bridgehead atoms. The Kier molecular flexibility index (Phi) is 6.27. The molecule has 0 fully saturated rings. The number of ether oxygens (including phenoxy) is 1. The molecule has 1 aliphatic heterocycles. The van der Waals surface area contributed by atoms with E-state index in [0.29, 0.717) is 24.4 Å². The van der Waals surface area contributed by atoms with Gasteiger partial charge in [-0.05, 0) is 69.2 Å². The van der Waals surface area contributed by atoms with E-state index in [-0.39, 0.29) is 24.1 Å². The molecule has 174 valence electrons. The minimum Gasteiger partial charge on any atom is -0.491 e. The fourth-order valence-electron chi connectivity index (χ4n) is 4.01. The van der Waals surface area contributed by atoms with Gasteiger partial charge >= 0.3 is 5.97 Å². The van der Waals surface area contributed by atoms with Crippen molar-refractivity contribution in [2.75, 3.05) is 13.1 Å². The molecule has 33 heavy (non-hydrogen) atoms. The summed E-state index contributed by atoms with van der Waals surface area (Å²) in [5.74, 6) is -0.312. The molecule has 0 saturated heterocycles. The molecule has 4 rings (SSSR count). The zero-order chi connectivity index (χ0) is 23.8. The van der Waals surface area contributed by atoms with E-state index < -0.39 is 16.0 Å². The summed E-state index contributed by atoms with van der Waals surface area (Å²) in [7, 11) is -3.63. The van der Waals surface area contributed by atoms with Crippen LogP contribution in [-0.4, -0.2) is 52.5 Å². The zero-order valence-electron chi connectivity index (χ0n) is 18.9. The minimum absolute atomic E-state index is 0.0127. The van der Waals surface area contributed by atoms with Crippen LogP contribution in [0.25, 0.3) is 16.6 Å². The van der Waals surface area contributed by atoms with Gasteiger partial charge in [-0.1, -0.05) is 6.08 Å². The first kappa shape index (κ1) is 23.0. The Labute approximate surface area is 193 Å². The highest BCUT2D eigenvalue weighted by Gasteiger charge is 2.27. The van der Waals surface area contributed by atoms with Crippen LogP contribution >= 0.6 is 0 Å². The number of pyridine rings is 1. The van der Waals surface area contributed by atoms with Gasteiger partial charge in [-0.15, -0.1) is 0 Å². The Morgan fingerprint density at radius 2 is 1.91 bits per heavy atom. The predicted octanol–water partition coefficient (Wildman–Crippen LogP) is 3.69. The smallest absolute Gasteiger partial charge is 0.323 e. The number of carboxylic acids is 1. The normalized spacial score (nSPS) is 15.1. The lowest BCUT2D eigenvalue weighted by atomic mass is 10.0. The van der Waals surface area contributed by atoms with Crippen LogP contribution in [0, 0.1) is 6.92 Å². The number of benzene rings is 1. The SMILES string of the molecule is Cc1ccc2c(C3=CCN(S(=O)(=O)c4ccc(OC(C)C)cc4)CC3)cn(CC(=O)O)c2n1. The number of carbonyl (C=O) groups is 1. The summed E-state index contributed by atoms with van der Waals surface area (Å²) in [6.07, 6.45) is 4.23. The molecule has 0 spiro atoms. The molecule has 1 N–H and O–H groups in total. The average molecular weight is 470 g/mol. The van der Waals surface area contributed by atoms with Gasteiger partial charge in [0.1, 0.15) is 17.9 Å². The number of rotatable bonds is 7. The summed E-state index contributed by atoms with van der Waals surface area (Å²) < 4.78 is 34.9. The van der Waals surface area contributed by atoms with E-state index in [1.807, 2.05) is 39.0 Å². The summed E-state index contributed by atoms with van der Waals surface area (Å²) in [6.45, 7) is 6.09. The number of hydrogen-bond donors (Lipinski definition) is 1. The van der Waals surface area contributed by atoms with Crippen molar-refractivity contribution in [3.05, 3.63) is 59.9 Å². The lowest BCUT2D eigenvalue weighted by Crippen LogP contribution is -2.34. The van der Waals surface area contributed by atoms with Crippen LogP contribution in [0.2, 0.25) is 0 Å². The third-order valence-electron chi connectivity index (χ3n) is 5.52. The number of aromatic nitrogens is 2. The summed E-state index contributed by atoms with van der Waals surface area (Å²) in [4.78, 5) is 16.0. The summed E-state index contributed by atoms with van der Waals surface area (Å²) in [5, 5.41) is 10.1. The van der Waals surface area contributed by atoms with Gasteiger partial charge in [0.25, 0.3) is 0 Å². The first-order valence-electron chi connectivity index (χ1n) is 10.8. The van der Waals surface area contributed by atoms with Crippen molar-refractivity contribution in [1.82, 2.24) is 13.9 Å². The fraction of sp³-hybridized carbons (Fsp3) is 0.333. The fourth-order valence-corrected chi connectivity index (χ4v) is 5.39. The maximum absolute atomic E-state index is 13.1. The van der Waals surface area contributed by atoms with E-state index in [9.17, 15) is 18.3 Å². The third-order valence-corrected chi connectivity index (χ3v) is 7.40. The molecular formula is C24H27N3O5S. The molecule has 0 aliphatic carbocycles. The van der Waals surface area contributed by atoms with Crippen LogP contribution in [0.5, 0.6) is 5.75 Å². The van der Waals surface area contributed by atoms with Crippen molar-refractivity contribution in [3.63, 3.8) is 0 Å². The first-order valence-corrected chi connectivity index (χ1v) is 12.2. The molecular weight excluding hydrogens is 442 g/mol. The maximum Gasteiger partial charge on any atom is 0.323 e. The number of carboxylic acid groups (broad SMARTS) is 1. The Hall–Kier alpha value is -3.17. The lowest BCUT2D eigenvalue weighted by Gasteiger charge is -2.26. The number of nitrogens with zero attached hydrogens (tertiary/aromatic N) is 3. The first-order chi connectivity index (χ1) is 15.6. The highest BCUT2D eigenvalue weighted by molar-refractivity contribution is 7.89. The third kappa shape index (κ3) is 4.79. The molecule has 0 amide bonds. The molecule has 2 aromatic heterocycles. The van der Waals surface area contributed by atoms with E-state index in [1.54, 1.807) is 35.0 Å². The lowest BCUT2D eigenvalue weighted by molar-refractivity contribution is -0.137.